The molecule has 22 heavy (non-hydrogen) atoms. The lowest BCUT2D eigenvalue weighted by Crippen LogP contribution is -2.21. The fourth-order valence-corrected chi connectivity index (χ4v) is 2.72. The van der Waals surface area contributed by atoms with Gasteiger partial charge in [0.05, 0.1) is 24.0 Å². The molecular formula is C15H16N4O3. The number of carboxylic acid groups (broad SMARTS) is 1. The maximum absolute atomic E-state index is 12.2. The zero-order chi connectivity index (χ0) is 15.5. The van der Waals surface area contributed by atoms with Gasteiger partial charge in [0.25, 0.3) is 0 Å². The number of nitrogens with zero attached hydrogens (tertiary/aromatic N) is 3. The van der Waals surface area contributed by atoms with Crippen LogP contribution >= 0.6 is 0 Å². The van der Waals surface area contributed by atoms with Crippen molar-refractivity contribution in [2.45, 2.75) is 19.3 Å². The summed E-state index contributed by atoms with van der Waals surface area (Å²) in [6, 6.07) is 7.18. The minimum absolute atomic E-state index is 0.117. The molecule has 1 saturated carbocycles. The minimum atomic E-state index is -0.814. The first kappa shape index (κ1) is 14.2. The van der Waals surface area contributed by atoms with Crippen molar-refractivity contribution in [3.05, 3.63) is 36.7 Å². The lowest BCUT2D eigenvalue weighted by molar-refractivity contribution is -0.141. The second-order valence-corrected chi connectivity index (χ2v) is 5.40. The van der Waals surface area contributed by atoms with E-state index in [0.717, 1.165) is 5.69 Å². The molecule has 2 N–H and O–H groups in total. The van der Waals surface area contributed by atoms with E-state index in [-0.39, 0.29) is 11.8 Å². The number of hydrogen-bond acceptors (Lipinski definition) is 4. The van der Waals surface area contributed by atoms with E-state index in [4.69, 9.17) is 5.11 Å². The first-order chi connectivity index (χ1) is 10.6. The van der Waals surface area contributed by atoms with Gasteiger partial charge in [0.15, 0.2) is 0 Å². The Morgan fingerprint density at radius 2 is 1.73 bits per heavy atom. The Morgan fingerprint density at radius 1 is 1.09 bits per heavy atom. The molecule has 1 aromatic carbocycles. The molecule has 0 saturated heterocycles. The lowest BCUT2D eigenvalue weighted by Gasteiger charge is -2.11. The zero-order valence-corrected chi connectivity index (χ0v) is 11.8. The Hall–Kier alpha value is -2.70. The fourth-order valence-electron chi connectivity index (χ4n) is 2.72. The summed E-state index contributed by atoms with van der Waals surface area (Å²) in [7, 11) is 0. The van der Waals surface area contributed by atoms with Gasteiger partial charge in [0.1, 0.15) is 0 Å². The Labute approximate surface area is 126 Å². The molecule has 0 bridgehead atoms. The first-order valence-electron chi connectivity index (χ1n) is 7.14. The second kappa shape index (κ2) is 5.97. The molecule has 1 fully saturated rings. The van der Waals surface area contributed by atoms with Gasteiger partial charge in [-0.1, -0.05) is 0 Å². The number of carbonyl (C=O) groups excluding carboxylic acids is 1. The van der Waals surface area contributed by atoms with E-state index in [1.54, 1.807) is 24.5 Å². The molecular weight excluding hydrogens is 284 g/mol. The van der Waals surface area contributed by atoms with Crippen molar-refractivity contribution in [1.29, 1.82) is 0 Å². The van der Waals surface area contributed by atoms with Crippen LogP contribution in [-0.4, -0.2) is 32.0 Å². The smallest absolute Gasteiger partial charge is 0.306 e. The van der Waals surface area contributed by atoms with Crippen molar-refractivity contribution in [3.63, 3.8) is 0 Å². The maximum Gasteiger partial charge on any atom is 0.306 e. The Kier molecular flexibility index (Phi) is 3.86. The van der Waals surface area contributed by atoms with Crippen LogP contribution in [0.1, 0.15) is 19.3 Å². The molecule has 1 aromatic heterocycles. The molecule has 7 nitrogen and oxygen atoms in total. The van der Waals surface area contributed by atoms with Gasteiger partial charge in [-0.25, -0.2) is 0 Å². The maximum atomic E-state index is 12.2. The number of carboxylic acids is 1. The summed E-state index contributed by atoms with van der Waals surface area (Å²) in [5.41, 5.74) is 1.48. The number of benzene rings is 1. The Balaban J connectivity index is 1.61. The molecule has 0 unspecified atom stereocenters. The number of carbonyl (C=O) groups is 2. The highest BCUT2D eigenvalue weighted by Gasteiger charge is 2.33. The number of aliphatic carboxylic acids is 1. The molecule has 3 rings (SSSR count). The second-order valence-electron chi connectivity index (χ2n) is 5.40. The standard InChI is InChI=1S/C15H16N4O3/c20-14(10-1-2-11(9-10)15(21)22)18-12-3-5-13(6-4-12)19-16-7-8-17-19/h3-8,10-11H,1-2,9H2,(H,18,20)(H,21,22)/t10-,11+/m0/s1. The Morgan fingerprint density at radius 3 is 2.32 bits per heavy atom. The minimum Gasteiger partial charge on any atom is -0.481 e. The summed E-state index contributed by atoms with van der Waals surface area (Å²) >= 11 is 0. The van der Waals surface area contributed by atoms with Crippen LogP contribution in [0.4, 0.5) is 5.69 Å². The quantitative estimate of drug-likeness (QED) is 0.895. The van der Waals surface area contributed by atoms with Crippen LogP contribution in [-0.2, 0) is 9.59 Å². The van der Waals surface area contributed by atoms with Gasteiger partial charge in [0, 0.05) is 11.6 Å². The van der Waals surface area contributed by atoms with E-state index in [9.17, 15) is 9.59 Å². The van der Waals surface area contributed by atoms with Crippen LogP contribution in [0.5, 0.6) is 0 Å². The van der Waals surface area contributed by atoms with E-state index in [2.05, 4.69) is 15.5 Å². The predicted molar refractivity (Wildman–Crippen MR) is 78.5 cm³/mol. The average Bonchev–Trinajstić information content (AvgIpc) is 3.20. The van der Waals surface area contributed by atoms with Crippen LogP contribution in [0.3, 0.4) is 0 Å². The van der Waals surface area contributed by atoms with Crippen molar-refractivity contribution in [2.24, 2.45) is 11.8 Å². The Bertz CT molecular complexity index is 667. The number of aromatic nitrogens is 3. The molecule has 1 heterocycles. The number of hydrogen-bond donors (Lipinski definition) is 2. The molecule has 1 amide bonds. The highest BCUT2D eigenvalue weighted by atomic mass is 16.4. The van der Waals surface area contributed by atoms with E-state index < -0.39 is 11.9 Å². The number of anilines is 1. The SMILES string of the molecule is O=C(O)[C@@H]1CC[C@H](C(=O)Nc2ccc(-n3nccn3)cc2)C1. The van der Waals surface area contributed by atoms with Crippen molar-refractivity contribution in [1.82, 2.24) is 15.0 Å². The van der Waals surface area contributed by atoms with Crippen LogP contribution < -0.4 is 5.32 Å². The molecule has 114 valence electrons. The van der Waals surface area contributed by atoms with Gasteiger partial charge < -0.3 is 10.4 Å². The molecule has 1 aliphatic carbocycles. The third-order valence-electron chi connectivity index (χ3n) is 3.94. The van der Waals surface area contributed by atoms with E-state index in [1.807, 2.05) is 12.1 Å². The molecule has 0 spiro atoms. The highest BCUT2D eigenvalue weighted by Crippen LogP contribution is 2.31. The van der Waals surface area contributed by atoms with Gasteiger partial charge in [0.2, 0.25) is 5.91 Å². The van der Waals surface area contributed by atoms with Crippen LogP contribution in [0.15, 0.2) is 36.7 Å². The van der Waals surface area contributed by atoms with Crippen LogP contribution in [0.25, 0.3) is 5.69 Å². The highest BCUT2D eigenvalue weighted by molar-refractivity contribution is 5.93. The summed E-state index contributed by atoms with van der Waals surface area (Å²) in [6.07, 6.45) is 4.79. The van der Waals surface area contributed by atoms with Crippen molar-refractivity contribution >= 4 is 17.6 Å². The topological polar surface area (TPSA) is 97.1 Å². The van der Waals surface area contributed by atoms with Crippen molar-refractivity contribution in [3.8, 4) is 5.69 Å². The summed E-state index contributed by atoms with van der Waals surface area (Å²) in [5, 5.41) is 19.9. The molecule has 1 aliphatic rings. The average molecular weight is 300 g/mol. The normalized spacial score (nSPS) is 20.7. The summed E-state index contributed by atoms with van der Waals surface area (Å²) in [5.74, 6) is -1.56. The van der Waals surface area contributed by atoms with Gasteiger partial charge in [-0.3, -0.25) is 9.59 Å². The van der Waals surface area contributed by atoms with Gasteiger partial charge >= 0.3 is 5.97 Å². The molecule has 0 radical (unpaired) electrons. The van der Waals surface area contributed by atoms with Crippen LogP contribution in [0.2, 0.25) is 0 Å². The fraction of sp³-hybridized carbons (Fsp3) is 0.333. The van der Waals surface area contributed by atoms with Gasteiger partial charge in [-0.05, 0) is 43.5 Å². The molecule has 7 heteroatoms. The number of nitrogens with one attached hydrogen (secondary N) is 1. The third-order valence-corrected chi connectivity index (χ3v) is 3.94. The first-order valence-corrected chi connectivity index (χ1v) is 7.14. The number of rotatable bonds is 4. The van der Waals surface area contributed by atoms with E-state index in [1.165, 1.54) is 4.80 Å². The van der Waals surface area contributed by atoms with Crippen molar-refractivity contribution in [2.75, 3.05) is 5.32 Å². The lowest BCUT2D eigenvalue weighted by atomic mass is 10.0. The summed E-state index contributed by atoms with van der Waals surface area (Å²) in [4.78, 5) is 24.6. The largest absolute Gasteiger partial charge is 0.481 e. The van der Waals surface area contributed by atoms with Gasteiger partial charge in [-0.2, -0.15) is 15.0 Å². The monoisotopic (exact) mass is 300 g/mol. The summed E-state index contributed by atoms with van der Waals surface area (Å²) in [6.45, 7) is 0. The molecule has 2 atom stereocenters. The van der Waals surface area contributed by atoms with Crippen molar-refractivity contribution < 1.29 is 14.7 Å². The predicted octanol–water partition coefficient (Wildman–Crippen LogP) is 1.71. The van der Waals surface area contributed by atoms with E-state index >= 15 is 0 Å². The third kappa shape index (κ3) is 2.98. The molecule has 0 aliphatic heterocycles. The summed E-state index contributed by atoms with van der Waals surface area (Å²) < 4.78 is 0. The zero-order valence-electron chi connectivity index (χ0n) is 11.8. The number of amides is 1. The van der Waals surface area contributed by atoms with Gasteiger partial charge in [-0.15, -0.1) is 0 Å². The van der Waals surface area contributed by atoms with E-state index in [0.29, 0.717) is 24.9 Å². The van der Waals surface area contributed by atoms with Crippen LogP contribution in [0, 0.1) is 11.8 Å². The molecule has 2 aromatic rings.